The number of carboxylic acid groups (broad SMARTS) is 1. The molecule has 4 rings (SSSR count). The third-order valence-electron chi connectivity index (χ3n) is 5.39. The average Bonchev–Trinajstić information content (AvgIpc) is 2.72. The molecular formula is C24H21NO5. The van der Waals surface area contributed by atoms with E-state index in [1.165, 1.54) is 16.8 Å². The quantitative estimate of drug-likeness (QED) is 0.657. The van der Waals surface area contributed by atoms with Crippen molar-refractivity contribution in [3.63, 3.8) is 0 Å². The van der Waals surface area contributed by atoms with Crippen LogP contribution >= 0.6 is 0 Å². The van der Waals surface area contributed by atoms with Gasteiger partial charge in [-0.3, -0.25) is 9.59 Å². The fraction of sp³-hybridized carbons (Fsp3) is 0.208. The molecule has 1 aliphatic carbocycles. The molecule has 6 nitrogen and oxygen atoms in total. The largest absolute Gasteiger partial charge is 0.504 e. The summed E-state index contributed by atoms with van der Waals surface area (Å²) in [6, 6.07) is 11.5. The Kier molecular flexibility index (Phi) is 4.78. The smallest absolute Gasteiger partial charge is 0.326 e. The van der Waals surface area contributed by atoms with Gasteiger partial charge in [0.15, 0.2) is 5.76 Å². The van der Waals surface area contributed by atoms with E-state index in [4.69, 9.17) is 0 Å². The zero-order chi connectivity index (χ0) is 21.6. The van der Waals surface area contributed by atoms with Gasteiger partial charge in [-0.25, -0.2) is 4.79 Å². The topological polar surface area (TPSA) is 96.6 Å². The summed E-state index contributed by atoms with van der Waals surface area (Å²) in [5.41, 5.74) is 1.64. The van der Waals surface area contributed by atoms with Crippen molar-refractivity contribution in [2.75, 3.05) is 0 Å². The number of carboxylic acids is 1. The Morgan fingerprint density at radius 2 is 1.77 bits per heavy atom. The molecule has 2 aromatic carbocycles. The number of benzene rings is 2. The minimum Gasteiger partial charge on any atom is -0.504 e. The highest BCUT2D eigenvalue weighted by Gasteiger charge is 2.29. The number of aliphatic hydroxyl groups excluding tert-OH is 1. The molecule has 0 radical (unpaired) electrons. The number of aliphatic carboxylic acids is 1. The normalized spacial score (nSPS) is 14.1. The van der Waals surface area contributed by atoms with Crippen LogP contribution in [0.2, 0.25) is 0 Å². The number of rotatable bonds is 5. The lowest BCUT2D eigenvalue weighted by atomic mass is 9.86. The summed E-state index contributed by atoms with van der Waals surface area (Å²) in [5.74, 6) is -2.03. The van der Waals surface area contributed by atoms with Gasteiger partial charge in [0.2, 0.25) is 5.78 Å². The van der Waals surface area contributed by atoms with Crippen molar-refractivity contribution in [3.05, 3.63) is 75.9 Å². The number of carbonyl (C=O) groups excluding carboxylic acids is 1. The van der Waals surface area contributed by atoms with Gasteiger partial charge in [0, 0.05) is 28.1 Å². The first-order valence-corrected chi connectivity index (χ1v) is 9.75. The summed E-state index contributed by atoms with van der Waals surface area (Å²) >= 11 is 0. The van der Waals surface area contributed by atoms with Gasteiger partial charge in [-0.05, 0) is 35.6 Å². The second-order valence-electron chi connectivity index (χ2n) is 7.92. The second-order valence-corrected chi connectivity index (χ2v) is 7.92. The molecule has 0 saturated heterocycles. The van der Waals surface area contributed by atoms with Crippen molar-refractivity contribution in [2.24, 2.45) is 5.92 Å². The number of aromatic nitrogens is 1. The van der Waals surface area contributed by atoms with Crippen LogP contribution in [0.15, 0.2) is 59.2 Å². The van der Waals surface area contributed by atoms with Crippen LogP contribution in [0.5, 0.6) is 0 Å². The van der Waals surface area contributed by atoms with Crippen LogP contribution < -0.4 is 5.56 Å². The molecule has 30 heavy (non-hydrogen) atoms. The number of hydrogen-bond acceptors (Lipinski definition) is 4. The molecule has 3 aromatic rings. The predicted molar refractivity (Wildman–Crippen MR) is 115 cm³/mol. The Labute approximate surface area is 172 Å². The van der Waals surface area contributed by atoms with Gasteiger partial charge >= 0.3 is 5.97 Å². The maximum atomic E-state index is 13.2. The Morgan fingerprint density at radius 1 is 1.07 bits per heavy atom. The maximum Gasteiger partial charge on any atom is 0.326 e. The van der Waals surface area contributed by atoms with Crippen molar-refractivity contribution in [1.82, 2.24) is 4.57 Å². The lowest BCUT2D eigenvalue weighted by Gasteiger charge is -2.22. The van der Waals surface area contributed by atoms with Crippen LogP contribution in [0.3, 0.4) is 0 Å². The first kappa shape index (κ1) is 19.6. The molecule has 1 aliphatic rings. The van der Waals surface area contributed by atoms with Crippen molar-refractivity contribution < 1.29 is 19.8 Å². The van der Waals surface area contributed by atoms with Gasteiger partial charge in [0.1, 0.15) is 6.04 Å². The highest BCUT2D eigenvalue weighted by molar-refractivity contribution is 6.24. The number of aliphatic hydroxyl groups is 1. The summed E-state index contributed by atoms with van der Waals surface area (Å²) in [5, 5.41) is 20.7. The minimum atomic E-state index is -1.10. The van der Waals surface area contributed by atoms with E-state index < -0.39 is 29.1 Å². The molecule has 1 heterocycles. The molecule has 0 saturated carbocycles. The standard InChI is InChI=1S/C24H21NO5/c1-13(2)10-18(24(29)30)25-12-15-11-19(26)22(27)21-16(14-6-4-3-5-7-14)8-9-17(20(15)21)23(25)28/h3-9,11-13,18,26H,10H2,1-2H3,(H,29,30)/t18-/m1/s1. The highest BCUT2D eigenvalue weighted by Crippen LogP contribution is 2.36. The van der Waals surface area contributed by atoms with E-state index in [2.05, 4.69) is 0 Å². The minimum absolute atomic E-state index is 0.0617. The number of pyridine rings is 1. The van der Waals surface area contributed by atoms with Crippen LogP contribution in [-0.2, 0) is 4.79 Å². The molecule has 0 unspecified atom stereocenters. The third-order valence-corrected chi connectivity index (χ3v) is 5.39. The molecular weight excluding hydrogens is 382 g/mol. The first-order chi connectivity index (χ1) is 14.3. The SMILES string of the molecule is CC(C)C[C@H](C(=O)O)n1cc2c3c(c(-c4ccccc4)ccc3c1=O)C(=O)C(O)=C2. The lowest BCUT2D eigenvalue weighted by Crippen LogP contribution is -2.31. The first-order valence-electron chi connectivity index (χ1n) is 9.75. The molecule has 0 fully saturated rings. The van der Waals surface area contributed by atoms with Gasteiger partial charge in [-0.1, -0.05) is 50.2 Å². The molecule has 0 aliphatic heterocycles. The Morgan fingerprint density at radius 3 is 2.40 bits per heavy atom. The molecule has 0 spiro atoms. The molecule has 152 valence electrons. The third kappa shape index (κ3) is 3.10. The molecule has 1 atom stereocenters. The summed E-state index contributed by atoms with van der Waals surface area (Å²) in [7, 11) is 0. The molecule has 0 bridgehead atoms. The van der Waals surface area contributed by atoms with Crippen LogP contribution in [0.4, 0.5) is 0 Å². The van der Waals surface area contributed by atoms with Crippen LogP contribution in [0.25, 0.3) is 28.0 Å². The van der Waals surface area contributed by atoms with Crippen LogP contribution in [0.1, 0.15) is 42.2 Å². The van der Waals surface area contributed by atoms with E-state index in [1.807, 2.05) is 44.2 Å². The van der Waals surface area contributed by atoms with Gasteiger partial charge in [0.05, 0.1) is 0 Å². The Bertz CT molecular complexity index is 1270. The summed E-state index contributed by atoms with van der Waals surface area (Å²) in [6.07, 6.45) is 3.02. The number of nitrogens with zero attached hydrogens (tertiary/aromatic N) is 1. The van der Waals surface area contributed by atoms with Crippen molar-refractivity contribution in [2.45, 2.75) is 26.3 Å². The van der Waals surface area contributed by atoms with Crippen LogP contribution in [0, 0.1) is 5.92 Å². The summed E-state index contributed by atoms with van der Waals surface area (Å²) in [4.78, 5) is 38.0. The zero-order valence-corrected chi connectivity index (χ0v) is 16.6. The van der Waals surface area contributed by atoms with Gasteiger partial charge < -0.3 is 14.8 Å². The van der Waals surface area contributed by atoms with Gasteiger partial charge in [-0.2, -0.15) is 0 Å². The predicted octanol–water partition coefficient (Wildman–Crippen LogP) is 4.44. The van der Waals surface area contributed by atoms with Gasteiger partial charge in [-0.15, -0.1) is 0 Å². The van der Waals surface area contributed by atoms with Crippen molar-refractivity contribution >= 4 is 28.6 Å². The monoisotopic (exact) mass is 403 g/mol. The van der Waals surface area contributed by atoms with E-state index in [0.717, 1.165) is 5.56 Å². The van der Waals surface area contributed by atoms with Crippen molar-refractivity contribution in [1.29, 1.82) is 0 Å². The number of Topliss-reactive ketones (excluding diaryl/α,β-unsaturated/α-hetero) is 1. The molecule has 1 aromatic heterocycles. The second kappa shape index (κ2) is 7.30. The Balaban J connectivity index is 2.06. The molecule has 2 N–H and O–H groups in total. The van der Waals surface area contributed by atoms with Crippen LogP contribution in [-0.4, -0.2) is 26.5 Å². The molecule has 6 heteroatoms. The fourth-order valence-corrected chi connectivity index (χ4v) is 4.05. The summed E-state index contributed by atoms with van der Waals surface area (Å²) < 4.78 is 1.20. The van der Waals surface area contributed by atoms with E-state index in [9.17, 15) is 24.6 Å². The van der Waals surface area contributed by atoms with Crippen molar-refractivity contribution in [3.8, 4) is 11.1 Å². The average molecular weight is 403 g/mol. The van der Waals surface area contributed by atoms with E-state index >= 15 is 0 Å². The number of ketones is 1. The lowest BCUT2D eigenvalue weighted by molar-refractivity contribution is -0.141. The zero-order valence-electron chi connectivity index (χ0n) is 16.6. The number of carbonyl (C=O) groups is 2. The van der Waals surface area contributed by atoms with E-state index in [0.29, 0.717) is 16.5 Å². The van der Waals surface area contributed by atoms with E-state index in [1.54, 1.807) is 12.1 Å². The summed E-state index contributed by atoms with van der Waals surface area (Å²) in [6.45, 7) is 3.78. The number of allylic oxidation sites excluding steroid dienone is 1. The van der Waals surface area contributed by atoms with E-state index in [-0.39, 0.29) is 23.3 Å². The maximum absolute atomic E-state index is 13.2. The molecule has 0 amide bonds. The number of hydrogen-bond donors (Lipinski definition) is 2. The Hall–Kier alpha value is -3.67. The van der Waals surface area contributed by atoms with Gasteiger partial charge in [0.25, 0.3) is 5.56 Å². The fourth-order valence-electron chi connectivity index (χ4n) is 4.05. The highest BCUT2D eigenvalue weighted by atomic mass is 16.4.